The van der Waals surface area contributed by atoms with Crippen LogP contribution in [-0.2, 0) is 17.6 Å². The van der Waals surface area contributed by atoms with E-state index in [0.717, 1.165) is 36.4 Å². The molecule has 3 rings (SSSR count). The highest BCUT2D eigenvalue weighted by Gasteiger charge is 2.23. The molecule has 0 N–H and O–H groups in total. The molecule has 0 saturated heterocycles. The molecule has 0 aromatic heterocycles. The first-order valence-corrected chi connectivity index (χ1v) is 8.23. The quantitative estimate of drug-likeness (QED) is 0.863. The van der Waals surface area contributed by atoms with Crippen molar-refractivity contribution >= 4 is 11.6 Å². The highest BCUT2D eigenvalue weighted by Crippen LogP contribution is 2.30. The van der Waals surface area contributed by atoms with Crippen LogP contribution >= 0.6 is 0 Å². The zero-order valence-electron chi connectivity index (χ0n) is 14.5. The van der Waals surface area contributed by atoms with Gasteiger partial charge in [-0.3, -0.25) is 4.79 Å². The molecule has 1 heterocycles. The fraction of sp³-hybridized carbons (Fsp3) is 0.350. The van der Waals surface area contributed by atoms with Crippen LogP contribution in [0.1, 0.15) is 23.1 Å². The lowest BCUT2D eigenvalue weighted by atomic mass is 9.98. The molecule has 24 heavy (non-hydrogen) atoms. The predicted molar refractivity (Wildman–Crippen MR) is 95.1 cm³/mol. The third-order valence-electron chi connectivity index (χ3n) is 4.48. The van der Waals surface area contributed by atoms with Gasteiger partial charge in [-0.25, -0.2) is 0 Å². The first kappa shape index (κ1) is 16.4. The van der Waals surface area contributed by atoms with Crippen molar-refractivity contribution < 1.29 is 14.3 Å². The average molecular weight is 325 g/mol. The van der Waals surface area contributed by atoms with Crippen LogP contribution in [-0.4, -0.2) is 26.7 Å². The van der Waals surface area contributed by atoms with Gasteiger partial charge in [-0.2, -0.15) is 0 Å². The van der Waals surface area contributed by atoms with E-state index in [2.05, 4.69) is 25.1 Å². The SMILES string of the molecule is COc1ccc(OC)c(CC(=O)N2CCCc3cc(C)ccc32)c1. The lowest BCUT2D eigenvalue weighted by Crippen LogP contribution is -2.36. The molecule has 4 nitrogen and oxygen atoms in total. The Labute approximate surface area is 143 Å². The van der Waals surface area contributed by atoms with Crippen LogP contribution in [0.4, 0.5) is 5.69 Å². The molecule has 0 spiro atoms. The van der Waals surface area contributed by atoms with Gasteiger partial charge in [0.2, 0.25) is 5.91 Å². The van der Waals surface area contributed by atoms with E-state index in [1.165, 1.54) is 11.1 Å². The Hall–Kier alpha value is -2.49. The Kier molecular flexibility index (Phi) is 4.74. The molecule has 1 aliphatic heterocycles. The summed E-state index contributed by atoms with van der Waals surface area (Å²) in [6, 6.07) is 11.9. The number of nitrogens with zero attached hydrogens (tertiary/aromatic N) is 1. The maximum Gasteiger partial charge on any atom is 0.231 e. The molecule has 0 fully saturated rings. The predicted octanol–water partition coefficient (Wildman–Crippen LogP) is 3.53. The summed E-state index contributed by atoms with van der Waals surface area (Å²) in [5.74, 6) is 1.53. The highest BCUT2D eigenvalue weighted by molar-refractivity contribution is 5.96. The molecule has 0 bridgehead atoms. The number of aryl methyl sites for hydroxylation is 2. The van der Waals surface area contributed by atoms with E-state index in [0.29, 0.717) is 12.2 Å². The molecule has 1 amide bonds. The number of benzene rings is 2. The molecule has 126 valence electrons. The Bertz CT molecular complexity index is 755. The first-order valence-electron chi connectivity index (χ1n) is 8.23. The molecule has 0 saturated carbocycles. The van der Waals surface area contributed by atoms with Crippen molar-refractivity contribution in [3.63, 3.8) is 0 Å². The van der Waals surface area contributed by atoms with Gasteiger partial charge < -0.3 is 14.4 Å². The molecule has 0 aliphatic carbocycles. The minimum atomic E-state index is 0.0892. The minimum absolute atomic E-state index is 0.0892. The van der Waals surface area contributed by atoms with E-state index in [1.807, 2.05) is 23.1 Å². The second-order valence-electron chi connectivity index (χ2n) is 6.14. The molecular weight excluding hydrogens is 302 g/mol. The van der Waals surface area contributed by atoms with E-state index < -0.39 is 0 Å². The minimum Gasteiger partial charge on any atom is -0.497 e. The summed E-state index contributed by atoms with van der Waals surface area (Å²) in [7, 11) is 3.24. The maximum atomic E-state index is 12.9. The third kappa shape index (κ3) is 3.23. The Morgan fingerprint density at radius 2 is 1.96 bits per heavy atom. The molecule has 0 radical (unpaired) electrons. The molecule has 2 aromatic rings. The molecule has 0 unspecified atom stereocenters. The highest BCUT2D eigenvalue weighted by atomic mass is 16.5. The van der Waals surface area contributed by atoms with Crippen LogP contribution < -0.4 is 14.4 Å². The standard InChI is InChI=1S/C20H23NO3/c1-14-6-8-18-15(11-14)5-4-10-21(18)20(22)13-16-12-17(23-2)7-9-19(16)24-3/h6-9,11-12H,4-5,10,13H2,1-3H3. The lowest BCUT2D eigenvalue weighted by molar-refractivity contribution is -0.118. The average Bonchev–Trinajstić information content (AvgIpc) is 2.60. The number of rotatable bonds is 4. The normalized spacial score (nSPS) is 13.4. The third-order valence-corrected chi connectivity index (χ3v) is 4.48. The van der Waals surface area contributed by atoms with Crippen LogP contribution in [0.2, 0.25) is 0 Å². The molecular formula is C20H23NO3. The van der Waals surface area contributed by atoms with Crippen LogP contribution in [0, 0.1) is 6.92 Å². The topological polar surface area (TPSA) is 38.8 Å². The van der Waals surface area contributed by atoms with Gasteiger partial charge in [0, 0.05) is 17.8 Å². The van der Waals surface area contributed by atoms with Crippen LogP contribution in [0.15, 0.2) is 36.4 Å². The monoisotopic (exact) mass is 325 g/mol. The Balaban J connectivity index is 1.87. The number of ether oxygens (including phenoxy) is 2. The summed E-state index contributed by atoms with van der Waals surface area (Å²) in [6.07, 6.45) is 2.33. The smallest absolute Gasteiger partial charge is 0.231 e. The van der Waals surface area contributed by atoms with Crippen molar-refractivity contribution in [3.05, 3.63) is 53.1 Å². The number of hydrogen-bond acceptors (Lipinski definition) is 3. The van der Waals surface area contributed by atoms with Crippen molar-refractivity contribution in [1.82, 2.24) is 0 Å². The van der Waals surface area contributed by atoms with Gasteiger partial charge >= 0.3 is 0 Å². The number of carbonyl (C=O) groups is 1. The zero-order valence-corrected chi connectivity index (χ0v) is 14.5. The first-order chi connectivity index (χ1) is 11.6. The number of carbonyl (C=O) groups excluding carboxylic acids is 1. The largest absolute Gasteiger partial charge is 0.497 e. The fourth-order valence-corrected chi connectivity index (χ4v) is 3.26. The van der Waals surface area contributed by atoms with Crippen molar-refractivity contribution in [2.75, 3.05) is 25.7 Å². The summed E-state index contributed by atoms with van der Waals surface area (Å²) in [4.78, 5) is 14.8. The molecule has 2 aromatic carbocycles. The van der Waals surface area contributed by atoms with Crippen molar-refractivity contribution in [2.24, 2.45) is 0 Å². The van der Waals surface area contributed by atoms with E-state index in [4.69, 9.17) is 9.47 Å². The maximum absolute atomic E-state index is 12.9. The lowest BCUT2D eigenvalue weighted by Gasteiger charge is -2.30. The number of hydrogen-bond donors (Lipinski definition) is 0. The fourth-order valence-electron chi connectivity index (χ4n) is 3.26. The van der Waals surface area contributed by atoms with Gasteiger partial charge in [-0.15, -0.1) is 0 Å². The van der Waals surface area contributed by atoms with E-state index in [9.17, 15) is 4.79 Å². The van der Waals surface area contributed by atoms with Crippen LogP contribution in [0.3, 0.4) is 0 Å². The van der Waals surface area contributed by atoms with Crippen LogP contribution in [0.5, 0.6) is 11.5 Å². The number of amides is 1. The number of anilines is 1. The summed E-state index contributed by atoms with van der Waals surface area (Å²) in [6.45, 7) is 2.85. The Morgan fingerprint density at radius 1 is 1.12 bits per heavy atom. The molecule has 0 atom stereocenters. The van der Waals surface area contributed by atoms with E-state index in [-0.39, 0.29) is 5.91 Å². The van der Waals surface area contributed by atoms with Gasteiger partial charge in [-0.05, 0) is 49.6 Å². The second-order valence-corrected chi connectivity index (χ2v) is 6.14. The van der Waals surface area contributed by atoms with Crippen molar-refractivity contribution in [2.45, 2.75) is 26.2 Å². The van der Waals surface area contributed by atoms with Gasteiger partial charge in [0.05, 0.1) is 20.6 Å². The number of fused-ring (bicyclic) bond motifs is 1. The van der Waals surface area contributed by atoms with E-state index in [1.54, 1.807) is 14.2 Å². The van der Waals surface area contributed by atoms with Gasteiger partial charge in [-0.1, -0.05) is 17.7 Å². The van der Waals surface area contributed by atoms with Crippen LogP contribution in [0.25, 0.3) is 0 Å². The van der Waals surface area contributed by atoms with Crippen molar-refractivity contribution in [1.29, 1.82) is 0 Å². The summed E-state index contributed by atoms with van der Waals surface area (Å²) < 4.78 is 10.7. The molecule has 4 heteroatoms. The summed E-state index contributed by atoms with van der Waals surface area (Å²) in [5, 5.41) is 0. The zero-order chi connectivity index (χ0) is 17.1. The summed E-state index contributed by atoms with van der Waals surface area (Å²) >= 11 is 0. The van der Waals surface area contributed by atoms with Gasteiger partial charge in [0.1, 0.15) is 11.5 Å². The second kappa shape index (κ2) is 6.95. The van der Waals surface area contributed by atoms with Gasteiger partial charge in [0.15, 0.2) is 0 Å². The van der Waals surface area contributed by atoms with Gasteiger partial charge in [0.25, 0.3) is 0 Å². The molecule has 1 aliphatic rings. The number of methoxy groups -OCH3 is 2. The van der Waals surface area contributed by atoms with E-state index >= 15 is 0 Å². The van der Waals surface area contributed by atoms with Crippen molar-refractivity contribution in [3.8, 4) is 11.5 Å². The summed E-state index contributed by atoms with van der Waals surface area (Å²) in [5.41, 5.74) is 4.38. The Morgan fingerprint density at radius 3 is 2.71 bits per heavy atom.